The summed E-state index contributed by atoms with van der Waals surface area (Å²) in [5.41, 5.74) is -0.265. The number of ether oxygens (including phenoxy) is 1. The van der Waals surface area contributed by atoms with Gasteiger partial charge in [-0.15, -0.1) is 0 Å². The van der Waals surface area contributed by atoms with E-state index in [0.717, 1.165) is 21.3 Å². The van der Waals surface area contributed by atoms with Crippen LogP contribution < -0.4 is 4.74 Å². The molecule has 0 bridgehead atoms. The van der Waals surface area contributed by atoms with Gasteiger partial charge < -0.3 is 19.4 Å². The van der Waals surface area contributed by atoms with Gasteiger partial charge >= 0.3 is 12.1 Å². The first kappa shape index (κ1) is 26.7. The maximum absolute atomic E-state index is 13.1. The van der Waals surface area contributed by atoms with Gasteiger partial charge in [0, 0.05) is 14.5 Å². The quantitative estimate of drug-likeness (QED) is 0.203. The fourth-order valence-electron chi connectivity index (χ4n) is 4.05. The van der Waals surface area contributed by atoms with Crippen LogP contribution in [0.5, 0.6) is 5.75 Å². The molecule has 4 aromatic rings. The molecule has 37 heavy (non-hydrogen) atoms. The zero-order valence-corrected chi connectivity index (χ0v) is 21.7. The second-order valence-corrected chi connectivity index (χ2v) is 9.55. The molecule has 5 nitrogen and oxygen atoms in total. The van der Waals surface area contributed by atoms with Gasteiger partial charge in [-0.1, -0.05) is 37.3 Å². The van der Waals surface area contributed by atoms with Gasteiger partial charge in [0.05, 0.1) is 11.8 Å². The smallest absolute Gasteiger partial charge is 0.416 e. The Bertz CT molecular complexity index is 1440. The van der Waals surface area contributed by atoms with Gasteiger partial charge in [-0.2, -0.15) is 13.2 Å². The van der Waals surface area contributed by atoms with Gasteiger partial charge in [-0.3, -0.25) is 0 Å². The monoisotopic (exact) mass is 622 g/mol. The molecule has 0 aliphatic heterocycles. The predicted molar refractivity (Wildman–Crippen MR) is 141 cm³/mol. The highest BCUT2D eigenvalue weighted by atomic mass is 127. The maximum Gasteiger partial charge on any atom is 0.416 e. The first-order valence-electron chi connectivity index (χ1n) is 11.3. The Morgan fingerprint density at radius 3 is 2.19 bits per heavy atom. The lowest BCUT2D eigenvalue weighted by molar-refractivity contribution is -0.159. The molecule has 0 saturated carbocycles. The lowest BCUT2D eigenvalue weighted by atomic mass is 9.89. The third-order valence-corrected chi connectivity index (χ3v) is 6.82. The van der Waals surface area contributed by atoms with Crippen molar-refractivity contribution in [2.24, 2.45) is 0 Å². The Hall–Kier alpha value is -3.31. The van der Waals surface area contributed by atoms with Crippen LogP contribution >= 0.6 is 22.6 Å². The number of rotatable bonds is 8. The largest absolute Gasteiger partial charge is 0.486 e. The summed E-state index contributed by atoms with van der Waals surface area (Å²) < 4.78 is 51.7. The number of carboxylic acid groups (broad SMARTS) is 1. The molecule has 1 aromatic heterocycles. The third kappa shape index (κ3) is 5.52. The van der Waals surface area contributed by atoms with Gasteiger partial charge in [-0.05, 0) is 88.2 Å². The van der Waals surface area contributed by atoms with Crippen molar-refractivity contribution in [3.8, 4) is 5.75 Å². The number of aliphatic hydroxyl groups is 1. The van der Waals surface area contributed by atoms with Crippen molar-refractivity contribution in [3.63, 3.8) is 0 Å². The fourth-order valence-corrected chi connectivity index (χ4v) is 4.41. The molecule has 2 N–H and O–H groups in total. The summed E-state index contributed by atoms with van der Waals surface area (Å²) in [6.07, 6.45) is -1.33. The molecule has 192 valence electrons. The molecular formula is C28H22F3IO5. The minimum absolute atomic E-state index is 0.0436. The highest BCUT2D eigenvalue weighted by Gasteiger charge is 2.38. The highest BCUT2D eigenvalue weighted by molar-refractivity contribution is 14.1. The minimum atomic E-state index is -4.43. The molecule has 0 aliphatic rings. The average molecular weight is 622 g/mol. The Labute approximate surface area is 224 Å². The molecule has 3 aromatic carbocycles. The highest BCUT2D eigenvalue weighted by Crippen LogP contribution is 2.37. The van der Waals surface area contributed by atoms with Crippen molar-refractivity contribution in [1.29, 1.82) is 0 Å². The number of furan rings is 1. The van der Waals surface area contributed by atoms with E-state index in [1.807, 2.05) is 24.3 Å². The van der Waals surface area contributed by atoms with Crippen LogP contribution in [-0.2, 0) is 16.6 Å². The Morgan fingerprint density at radius 1 is 1.00 bits per heavy atom. The molecule has 1 heterocycles. The zero-order chi connectivity index (χ0) is 26.8. The molecule has 4 rings (SSSR count). The predicted octanol–water partition coefficient (Wildman–Crippen LogP) is 7.25. The molecule has 9 heteroatoms. The Balaban J connectivity index is 1.67. The van der Waals surface area contributed by atoms with Crippen LogP contribution in [0.15, 0.2) is 83.5 Å². The Morgan fingerprint density at radius 2 is 1.62 bits per heavy atom. The van der Waals surface area contributed by atoms with Crippen LogP contribution in [0.2, 0.25) is 0 Å². The van der Waals surface area contributed by atoms with Gasteiger partial charge in [0.25, 0.3) is 0 Å². The van der Waals surface area contributed by atoms with E-state index in [-0.39, 0.29) is 24.2 Å². The molecule has 0 amide bonds. The SMILES string of the molecule is CCC(O)(C(=O)O)c1ccc(OC/C=C(/c2ccc(I)cc2)c2ccc(C(F)(F)F)cc2)c2occc12. The maximum atomic E-state index is 13.1. The van der Waals surface area contributed by atoms with Crippen molar-refractivity contribution in [1.82, 2.24) is 0 Å². The van der Waals surface area contributed by atoms with Crippen molar-refractivity contribution in [2.45, 2.75) is 25.1 Å². The van der Waals surface area contributed by atoms with Crippen LogP contribution in [0, 0.1) is 3.57 Å². The molecule has 1 unspecified atom stereocenters. The zero-order valence-electron chi connectivity index (χ0n) is 19.6. The number of carbonyl (C=O) groups is 1. The number of benzene rings is 3. The van der Waals surface area contributed by atoms with E-state index in [9.17, 15) is 28.2 Å². The molecule has 0 fully saturated rings. The number of carboxylic acids is 1. The molecule has 0 saturated heterocycles. The number of hydrogen-bond donors (Lipinski definition) is 2. The van der Waals surface area contributed by atoms with E-state index in [0.29, 0.717) is 22.3 Å². The van der Waals surface area contributed by atoms with Crippen molar-refractivity contribution >= 4 is 45.1 Å². The van der Waals surface area contributed by atoms with Crippen LogP contribution in [0.3, 0.4) is 0 Å². The van der Waals surface area contributed by atoms with Crippen molar-refractivity contribution < 1.29 is 37.3 Å². The van der Waals surface area contributed by atoms with Crippen LogP contribution in [0.1, 0.15) is 35.6 Å². The average Bonchev–Trinajstić information content (AvgIpc) is 3.37. The number of halogens is 4. The normalized spacial score (nSPS) is 13.9. The number of aliphatic carboxylic acids is 1. The van der Waals surface area contributed by atoms with Gasteiger partial charge in [-0.25, -0.2) is 4.79 Å². The van der Waals surface area contributed by atoms with Gasteiger partial charge in [0.1, 0.15) is 6.61 Å². The molecule has 0 radical (unpaired) electrons. The summed E-state index contributed by atoms with van der Waals surface area (Å²) in [4.78, 5) is 11.7. The standard InChI is InChI=1S/C28H22F3IO5/c1-2-27(35,26(33)34)23-11-12-24(25-22(23)14-16-37-25)36-15-13-21(18-5-9-20(32)10-6-18)17-3-7-19(8-4-17)28(29,30)31/h3-14,16,35H,2,15H2,1H3,(H,33,34)/b21-13+. The van der Waals surface area contributed by atoms with E-state index in [2.05, 4.69) is 22.6 Å². The van der Waals surface area contributed by atoms with Crippen LogP contribution in [0.4, 0.5) is 13.2 Å². The van der Waals surface area contributed by atoms with Gasteiger partial charge in [0.15, 0.2) is 16.9 Å². The first-order chi connectivity index (χ1) is 17.5. The second kappa shape index (κ2) is 10.6. The summed E-state index contributed by atoms with van der Waals surface area (Å²) in [5.74, 6) is -1.04. The van der Waals surface area contributed by atoms with E-state index in [1.165, 1.54) is 30.5 Å². The number of alkyl halides is 3. The second-order valence-electron chi connectivity index (χ2n) is 8.30. The summed E-state index contributed by atoms with van der Waals surface area (Å²) in [6, 6.07) is 17.1. The van der Waals surface area contributed by atoms with E-state index in [1.54, 1.807) is 19.1 Å². The fraction of sp³-hybridized carbons (Fsp3) is 0.179. The van der Waals surface area contributed by atoms with Crippen LogP contribution in [0.25, 0.3) is 16.5 Å². The van der Waals surface area contributed by atoms with E-state index < -0.39 is 23.3 Å². The van der Waals surface area contributed by atoms with Gasteiger partial charge in [0.2, 0.25) is 0 Å². The number of fused-ring (bicyclic) bond motifs is 1. The topological polar surface area (TPSA) is 79.9 Å². The van der Waals surface area contributed by atoms with E-state index in [4.69, 9.17) is 9.15 Å². The molecular weight excluding hydrogens is 600 g/mol. The summed E-state index contributed by atoms with van der Waals surface area (Å²) in [6.45, 7) is 1.62. The molecule has 1 atom stereocenters. The lowest BCUT2D eigenvalue weighted by Gasteiger charge is -2.23. The first-order valence-corrected chi connectivity index (χ1v) is 12.4. The molecule has 0 spiro atoms. The minimum Gasteiger partial charge on any atom is -0.486 e. The summed E-state index contributed by atoms with van der Waals surface area (Å²) >= 11 is 2.17. The van der Waals surface area contributed by atoms with Crippen molar-refractivity contribution in [3.05, 3.63) is 105 Å². The third-order valence-electron chi connectivity index (χ3n) is 6.10. The van der Waals surface area contributed by atoms with Crippen molar-refractivity contribution in [2.75, 3.05) is 6.61 Å². The van der Waals surface area contributed by atoms with E-state index >= 15 is 0 Å². The lowest BCUT2D eigenvalue weighted by Crippen LogP contribution is -2.34. The van der Waals surface area contributed by atoms with Crippen LogP contribution in [-0.4, -0.2) is 22.8 Å². The number of hydrogen-bond acceptors (Lipinski definition) is 4. The molecule has 0 aliphatic carbocycles. The summed E-state index contributed by atoms with van der Waals surface area (Å²) in [5, 5.41) is 20.7. The summed E-state index contributed by atoms with van der Waals surface area (Å²) in [7, 11) is 0. The Kier molecular flexibility index (Phi) is 7.65.